The number of aromatic nitrogens is 3. The molecule has 4 rings (SSSR count). The Morgan fingerprint density at radius 2 is 1.48 bits per heavy atom. The highest BCUT2D eigenvalue weighted by atomic mass is 35.5. The zero-order valence-corrected chi connectivity index (χ0v) is 14.5. The molecule has 4 heteroatoms. The monoisotopic (exact) mass is 345 g/mol. The Kier molecular flexibility index (Phi) is 4.16. The number of hydrogen-bond donors (Lipinski definition) is 0. The second kappa shape index (κ2) is 6.61. The molecule has 1 aliphatic rings. The summed E-state index contributed by atoms with van der Waals surface area (Å²) in [5.74, 6) is 2.36. The zero-order valence-electron chi connectivity index (χ0n) is 13.7. The average Bonchev–Trinajstić information content (AvgIpc) is 3.09. The minimum absolute atomic E-state index is 0.390. The van der Waals surface area contributed by atoms with Crippen LogP contribution in [-0.2, 0) is 0 Å². The van der Waals surface area contributed by atoms with Gasteiger partial charge in [0, 0.05) is 21.7 Å². The Morgan fingerprint density at radius 1 is 0.800 bits per heavy atom. The van der Waals surface area contributed by atoms with Crippen molar-refractivity contribution in [2.24, 2.45) is 5.92 Å². The molecular weight excluding hydrogens is 330 g/mol. The molecule has 0 saturated carbocycles. The van der Waals surface area contributed by atoms with Crippen molar-refractivity contribution in [3.63, 3.8) is 0 Å². The first kappa shape index (κ1) is 15.7. The molecule has 0 amide bonds. The number of benzene rings is 2. The second-order valence-electron chi connectivity index (χ2n) is 6.02. The van der Waals surface area contributed by atoms with Gasteiger partial charge in [-0.3, -0.25) is 0 Å². The van der Waals surface area contributed by atoms with Crippen molar-refractivity contribution in [3.05, 3.63) is 83.7 Å². The maximum absolute atomic E-state index is 6.14. The molecule has 122 valence electrons. The number of allylic oxidation sites excluding steroid dienone is 4. The minimum Gasteiger partial charge on any atom is -0.208 e. The summed E-state index contributed by atoms with van der Waals surface area (Å²) >= 11 is 6.14. The molecule has 1 atom stereocenters. The maximum Gasteiger partial charge on any atom is 0.164 e. The molecule has 1 aliphatic carbocycles. The summed E-state index contributed by atoms with van der Waals surface area (Å²) in [5.41, 5.74) is 2.87. The molecule has 0 aliphatic heterocycles. The van der Waals surface area contributed by atoms with Gasteiger partial charge in [-0.05, 0) is 18.1 Å². The fourth-order valence-electron chi connectivity index (χ4n) is 2.78. The SMILES string of the molecule is CC1C=CC(c2nc(-c3ccccc3)nc(-c3cccc(Cl)c3)n2)=C1. The lowest BCUT2D eigenvalue weighted by molar-refractivity contribution is 0.957. The summed E-state index contributed by atoms with van der Waals surface area (Å²) in [6.45, 7) is 2.14. The van der Waals surface area contributed by atoms with Crippen LogP contribution in [0.5, 0.6) is 0 Å². The van der Waals surface area contributed by atoms with Gasteiger partial charge >= 0.3 is 0 Å². The van der Waals surface area contributed by atoms with E-state index in [4.69, 9.17) is 16.6 Å². The quantitative estimate of drug-likeness (QED) is 0.633. The van der Waals surface area contributed by atoms with Gasteiger partial charge in [0.1, 0.15) is 0 Å². The smallest absolute Gasteiger partial charge is 0.164 e. The normalized spacial score (nSPS) is 16.1. The molecule has 25 heavy (non-hydrogen) atoms. The first-order valence-electron chi connectivity index (χ1n) is 8.17. The van der Waals surface area contributed by atoms with Crippen molar-refractivity contribution in [1.82, 2.24) is 15.0 Å². The molecular formula is C21H16ClN3. The fraction of sp³-hybridized carbons (Fsp3) is 0.0952. The van der Waals surface area contributed by atoms with E-state index in [0.29, 0.717) is 28.4 Å². The summed E-state index contributed by atoms with van der Waals surface area (Å²) < 4.78 is 0. The van der Waals surface area contributed by atoms with Gasteiger partial charge < -0.3 is 0 Å². The third kappa shape index (κ3) is 3.37. The lowest BCUT2D eigenvalue weighted by atomic mass is 10.1. The van der Waals surface area contributed by atoms with Gasteiger partial charge in [0.15, 0.2) is 17.5 Å². The molecule has 2 aromatic carbocycles. The van der Waals surface area contributed by atoms with E-state index in [1.54, 1.807) is 0 Å². The molecule has 0 bridgehead atoms. The van der Waals surface area contributed by atoms with Crippen LogP contribution in [0.25, 0.3) is 28.3 Å². The van der Waals surface area contributed by atoms with Crippen LogP contribution in [0.4, 0.5) is 0 Å². The van der Waals surface area contributed by atoms with Gasteiger partial charge in [-0.25, -0.2) is 15.0 Å². The van der Waals surface area contributed by atoms with Crippen LogP contribution in [-0.4, -0.2) is 15.0 Å². The minimum atomic E-state index is 0.390. The summed E-state index contributed by atoms with van der Waals surface area (Å²) in [4.78, 5) is 14.1. The Hall–Kier alpha value is -2.78. The second-order valence-corrected chi connectivity index (χ2v) is 6.46. The van der Waals surface area contributed by atoms with E-state index < -0.39 is 0 Å². The molecule has 3 nitrogen and oxygen atoms in total. The predicted octanol–water partition coefficient (Wildman–Crippen LogP) is 5.45. The molecule has 0 radical (unpaired) electrons. The molecule has 0 spiro atoms. The van der Waals surface area contributed by atoms with Crippen LogP contribution in [0, 0.1) is 5.92 Å². The summed E-state index contributed by atoms with van der Waals surface area (Å²) in [6.07, 6.45) is 6.36. The van der Waals surface area contributed by atoms with E-state index in [-0.39, 0.29) is 0 Å². The van der Waals surface area contributed by atoms with E-state index >= 15 is 0 Å². The van der Waals surface area contributed by atoms with Crippen molar-refractivity contribution < 1.29 is 0 Å². The average molecular weight is 346 g/mol. The largest absolute Gasteiger partial charge is 0.208 e. The summed E-state index contributed by atoms with van der Waals surface area (Å²) in [5, 5.41) is 0.661. The number of rotatable bonds is 3. The van der Waals surface area contributed by atoms with Gasteiger partial charge in [-0.1, -0.05) is 79.2 Å². The van der Waals surface area contributed by atoms with Crippen LogP contribution in [0.3, 0.4) is 0 Å². The van der Waals surface area contributed by atoms with Crippen LogP contribution in [0.2, 0.25) is 5.02 Å². The van der Waals surface area contributed by atoms with Gasteiger partial charge in [0.2, 0.25) is 0 Å². The lowest BCUT2D eigenvalue weighted by Gasteiger charge is -2.08. The van der Waals surface area contributed by atoms with E-state index in [2.05, 4.69) is 35.1 Å². The van der Waals surface area contributed by atoms with Crippen LogP contribution >= 0.6 is 11.6 Å². The van der Waals surface area contributed by atoms with Crippen LogP contribution in [0.1, 0.15) is 12.7 Å². The zero-order chi connectivity index (χ0) is 17.2. The van der Waals surface area contributed by atoms with Crippen molar-refractivity contribution in [3.8, 4) is 22.8 Å². The number of halogens is 1. The summed E-state index contributed by atoms with van der Waals surface area (Å²) in [6, 6.07) is 17.5. The van der Waals surface area contributed by atoms with E-state index in [0.717, 1.165) is 16.7 Å². The Morgan fingerprint density at radius 3 is 2.16 bits per heavy atom. The highest BCUT2D eigenvalue weighted by Gasteiger charge is 2.15. The maximum atomic E-state index is 6.14. The summed E-state index contributed by atoms with van der Waals surface area (Å²) in [7, 11) is 0. The molecule has 1 unspecified atom stereocenters. The molecule has 0 N–H and O–H groups in total. The first-order chi connectivity index (χ1) is 12.2. The standard InChI is InChI=1S/C21H16ClN3/c1-14-10-11-17(12-14)21-24-19(15-6-3-2-4-7-15)23-20(25-21)16-8-5-9-18(22)13-16/h2-14H,1H3. The number of hydrogen-bond acceptors (Lipinski definition) is 3. The number of nitrogens with zero attached hydrogens (tertiary/aromatic N) is 3. The van der Waals surface area contributed by atoms with Gasteiger partial charge in [0.25, 0.3) is 0 Å². The van der Waals surface area contributed by atoms with Gasteiger partial charge in [-0.2, -0.15) is 0 Å². The Balaban J connectivity index is 1.89. The Labute approximate surface area is 151 Å². The van der Waals surface area contributed by atoms with Crippen molar-refractivity contribution >= 4 is 17.2 Å². The fourth-order valence-corrected chi connectivity index (χ4v) is 2.97. The third-order valence-corrected chi connectivity index (χ3v) is 4.27. The third-order valence-electron chi connectivity index (χ3n) is 4.03. The topological polar surface area (TPSA) is 38.7 Å². The van der Waals surface area contributed by atoms with Crippen molar-refractivity contribution in [1.29, 1.82) is 0 Å². The van der Waals surface area contributed by atoms with E-state index in [1.807, 2.05) is 54.6 Å². The highest BCUT2D eigenvalue weighted by molar-refractivity contribution is 6.30. The molecule has 0 fully saturated rings. The molecule has 0 saturated heterocycles. The van der Waals surface area contributed by atoms with Gasteiger partial charge in [-0.15, -0.1) is 0 Å². The van der Waals surface area contributed by atoms with Crippen LogP contribution in [0.15, 0.2) is 72.8 Å². The molecule has 1 heterocycles. The van der Waals surface area contributed by atoms with E-state index in [1.165, 1.54) is 0 Å². The highest BCUT2D eigenvalue weighted by Crippen LogP contribution is 2.27. The van der Waals surface area contributed by atoms with Gasteiger partial charge in [0.05, 0.1) is 0 Å². The molecule has 3 aromatic rings. The van der Waals surface area contributed by atoms with Crippen molar-refractivity contribution in [2.75, 3.05) is 0 Å². The van der Waals surface area contributed by atoms with Crippen molar-refractivity contribution in [2.45, 2.75) is 6.92 Å². The molecule has 1 aromatic heterocycles. The first-order valence-corrected chi connectivity index (χ1v) is 8.55. The van der Waals surface area contributed by atoms with Crippen LogP contribution < -0.4 is 0 Å². The lowest BCUT2D eigenvalue weighted by Crippen LogP contribution is -2.02. The Bertz CT molecular complexity index is 977. The van der Waals surface area contributed by atoms with E-state index in [9.17, 15) is 0 Å². The predicted molar refractivity (Wildman–Crippen MR) is 102 cm³/mol.